The minimum atomic E-state index is 0.00262. The Kier molecular flexibility index (Phi) is 4.24. The van der Waals surface area contributed by atoms with E-state index in [1.807, 2.05) is 36.7 Å². The van der Waals surface area contributed by atoms with Crippen LogP contribution < -0.4 is 4.90 Å². The maximum atomic E-state index is 5.77. The third kappa shape index (κ3) is 2.83. The fourth-order valence-electron chi connectivity index (χ4n) is 4.41. The van der Waals surface area contributed by atoms with Gasteiger partial charge in [-0.1, -0.05) is 37.3 Å². The average molecular weight is 411 g/mol. The number of rotatable bonds is 3. The molecule has 0 aliphatic carbocycles. The van der Waals surface area contributed by atoms with Gasteiger partial charge in [-0.05, 0) is 11.6 Å². The van der Waals surface area contributed by atoms with Gasteiger partial charge in [-0.15, -0.1) is 10.2 Å². The highest BCUT2D eigenvalue weighted by Crippen LogP contribution is 2.40. The Balaban J connectivity index is 1.54. The van der Waals surface area contributed by atoms with E-state index >= 15 is 0 Å². The van der Waals surface area contributed by atoms with Crippen molar-refractivity contribution in [2.75, 3.05) is 24.7 Å². The summed E-state index contributed by atoms with van der Waals surface area (Å²) < 4.78 is 7.87. The van der Waals surface area contributed by atoms with Gasteiger partial charge in [0.1, 0.15) is 17.6 Å². The monoisotopic (exact) mass is 411 g/mol. The van der Waals surface area contributed by atoms with Crippen LogP contribution in [0.5, 0.6) is 0 Å². The Morgan fingerprint density at radius 1 is 1.06 bits per heavy atom. The van der Waals surface area contributed by atoms with Gasteiger partial charge in [0, 0.05) is 36.5 Å². The van der Waals surface area contributed by atoms with E-state index in [-0.39, 0.29) is 6.04 Å². The molecule has 31 heavy (non-hydrogen) atoms. The van der Waals surface area contributed by atoms with Crippen LogP contribution in [0, 0.1) is 0 Å². The summed E-state index contributed by atoms with van der Waals surface area (Å²) in [6.45, 7) is 4.07. The fourth-order valence-corrected chi connectivity index (χ4v) is 4.41. The van der Waals surface area contributed by atoms with Crippen LogP contribution in [0.3, 0.4) is 0 Å². The van der Waals surface area contributed by atoms with Crippen molar-refractivity contribution < 1.29 is 4.74 Å². The molecule has 1 atom stereocenters. The summed E-state index contributed by atoms with van der Waals surface area (Å²) >= 11 is 0. The van der Waals surface area contributed by atoms with Gasteiger partial charge in [0.2, 0.25) is 0 Å². The fraction of sp³-hybridized carbons (Fsp3) is 0.261. The lowest BCUT2D eigenvalue weighted by molar-refractivity contribution is 0.0894. The van der Waals surface area contributed by atoms with Crippen molar-refractivity contribution in [1.82, 2.24) is 29.7 Å². The number of morpholine rings is 1. The molecule has 0 N–H and O–H groups in total. The van der Waals surface area contributed by atoms with Gasteiger partial charge in [-0.3, -0.25) is 9.55 Å². The van der Waals surface area contributed by atoms with Gasteiger partial charge in [0.15, 0.2) is 17.5 Å². The zero-order chi connectivity index (χ0) is 20.8. The molecule has 154 valence electrons. The molecule has 2 aliphatic heterocycles. The van der Waals surface area contributed by atoms with E-state index in [2.05, 4.69) is 43.7 Å². The summed E-state index contributed by atoms with van der Waals surface area (Å²) in [5, 5.41) is 8.88. The van der Waals surface area contributed by atoms with Crippen molar-refractivity contribution in [3.63, 3.8) is 0 Å². The van der Waals surface area contributed by atoms with Crippen LogP contribution in [0.2, 0.25) is 0 Å². The standard InChI is InChI=1S/C23H21N7O/c1-2-20-27-28-23-19-14-31-11-10-29(19)22-18(30(20)23)13-25-21(26-22)16-8-9-24-12-17(16)15-6-4-3-5-7-15/h3-9,12-13,19H,2,10-11,14H2,1H3. The molecule has 0 amide bonds. The number of anilines is 1. The predicted molar refractivity (Wildman–Crippen MR) is 116 cm³/mol. The molecule has 1 fully saturated rings. The van der Waals surface area contributed by atoms with E-state index < -0.39 is 0 Å². The second kappa shape index (κ2) is 7.24. The smallest absolute Gasteiger partial charge is 0.163 e. The van der Waals surface area contributed by atoms with Crippen molar-refractivity contribution in [3.8, 4) is 28.2 Å². The Morgan fingerprint density at radius 2 is 1.97 bits per heavy atom. The van der Waals surface area contributed by atoms with Crippen LogP contribution in [0.15, 0.2) is 55.0 Å². The number of nitrogens with zero attached hydrogens (tertiary/aromatic N) is 7. The number of benzene rings is 1. The molecule has 8 heteroatoms. The first-order valence-electron chi connectivity index (χ1n) is 10.5. The van der Waals surface area contributed by atoms with Gasteiger partial charge in [0.25, 0.3) is 0 Å². The van der Waals surface area contributed by atoms with Crippen LogP contribution >= 0.6 is 0 Å². The van der Waals surface area contributed by atoms with Gasteiger partial charge < -0.3 is 9.64 Å². The molecule has 8 nitrogen and oxygen atoms in total. The lowest BCUT2D eigenvalue weighted by Gasteiger charge is -2.40. The van der Waals surface area contributed by atoms with E-state index in [1.165, 1.54) is 0 Å². The van der Waals surface area contributed by atoms with Crippen LogP contribution in [0.4, 0.5) is 5.82 Å². The Bertz CT molecular complexity index is 1250. The van der Waals surface area contributed by atoms with Crippen LogP contribution in [-0.2, 0) is 11.2 Å². The number of hydrogen-bond acceptors (Lipinski definition) is 7. The number of aromatic nitrogens is 6. The molecule has 1 unspecified atom stereocenters. The van der Waals surface area contributed by atoms with Gasteiger partial charge in [-0.25, -0.2) is 9.97 Å². The molecular formula is C23H21N7O. The third-order valence-corrected chi connectivity index (χ3v) is 5.91. The minimum absolute atomic E-state index is 0.00262. The van der Waals surface area contributed by atoms with E-state index in [1.54, 1.807) is 6.20 Å². The Morgan fingerprint density at radius 3 is 2.84 bits per heavy atom. The predicted octanol–water partition coefficient (Wildman–Crippen LogP) is 3.24. The van der Waals surface area contributed by atoms with Crippen molar-refractivity contribution in [1.29, 1.82) is 0 Å². The number of hydrogen-bond donors (Lipinski definition) is 0. The largest absolute Gasteiger partial charge is 0.377 e. The zero-order valence-corrected chi connectivity index (χ0v) is 17.1. The molecule has 2 aliphatic rings. The summed E-state index contributed by atoms with van der Waals surface area (Å²) in [5.41, 5.74) is 3.98. The summed E-state index contributed by atoms with van der Waals surface area (Å²) in [6.07, 6.45) is 6.34. The van der Waals surface area contributed by atoms with E-state index in [4.69, 9.17) is 14.7 Å². The minimum Gasteiger partial charge on any atom is -0.377 e. The average Bonchev–Trinajstić information content (AvgIpc) is 3.29. The Labute approximate surface area is 179 Å². The molecule has 1 aromatic carbocycles. The van der Waals surface area contributed by atoms with Crippen LogP contribution in [-0.4, -0.2) is 49.5 Å². The first kappa shape index (κ1) is 18.1. The molecule has 5 heterocycles. The number of pyridine rings is 1. The molecule has 3 aromatic heterocycles. The van der Waals surface area contributed by atoms with Crippen molar-refractivity contribution in [2.24, 2.45) is 0 Å². The molecular weight excluding hydrogens is 390 g/mol. The van der Waals surface area contributed by atoms with E-state index in [9.17, 15) is 0 Å². The third-order valence-electron chi connectivity index (χ3n) is 5.91. The topological polar surface area (TPSA) is 81.8 Å². The molecule has 0 saturated carbocycles. The first-order chi connectivity index (χ1) is 15.3. The van der Waals surface area contributed by atoms with Crippen molar-refractivity contribution in [2.45, 2.75) is 19.4 Å². The highest BCUT2D eigenvalue weighted by Gasteiger charge is 2.38. The van der Waals surface area contributed by atoms with Crippen LogP contribution in [0.1, 0.15) is 24.6 Å². The summed E-state index contributed by atoms with van der Waals surface area (Å²) in [4.78, 5) is 16.4. The second-order valence-electron chi connectivity index (χ2n) is 7.64. The lowest BCUT2D eigenvalue weighted by Crippen LogP contribution is -2.44. The zero-order valence-electron chi connectivity index (χ0n) is 17.1. The van der Waals surface area contributed by atoms with E-state index in [0.29, 0.717) is 19.0 Å². The maximum absolute atomic E-state index is 5.77. The lowest BCUT2D eigenvalue weighted by atomic mass is 10.0. The number of fused-ring (bicyclic) bond motifs is 6. The number of aryl methyl sites for hydroxylation is 1. The highest BCUT2D eigenvalue weighted by molar-refractivity contribution is 5.80. The molecule has 0 radical (unpaired) electrons. The van der Waals surface area contributed by atoms with Crippen LogP contribution in [0.25, 0.3) is 28.2 Å². The first-order valence-corrected chi connectivity index (χ1v) is 10.5. The maximum Gasteiger partial charge on any atom is 0.163 e. The molecule has 4 aromatic rings. The summed E-state index contributed by atoms with van der Waals surface area (Å²) in [7, 11) is 0. The van der Waals surface area contributed by atoms with Gasteiger partial charge in [-0.2, -0.15) is 0 Å². The molecule has 0 bridgehead atoms. The van der Waals surface area contributed by atoms with Crippen molar-refractivity contribution in [3.05, 3.63) is 66.6 Å². The molecule has 6 rings (SSSR count). The summed E-state index contributed by atoms with van der Waals surface area (Å²) in [6, 6.07) is 12.2. The SMILES string of the molecule is CCc1nnc2n1-c1cnc(-c3ccncc3-c3ccccc3)nc1N1CCOCC21. The van der Waals surface area contributed by atoms with E-state index in [0.717, 1.165) is 52.8 Å². The normalized spacial score (nSPS) is 17.1. The highest BCUT2D eigenvalue weighted by atomic mass is 16.5. The second-order valence-corrected chi connectivity index (χ2v) is 7.64. The molecule has 0 spiro atoms. The molecule has 1 saturated heterocycles. The van der Waals surface area contributed by atoms with Crippen molar-refractivity contribution >= 4 is 5.82 Å². The number of ether oxygens (including phenoxy) is 1. The van der Waals surface area contributed by atoms with Gasteiger partial charge >= 0.3 is 0 Å². The quantitative estimate of drug-likeness (QED) is 0.512. The Hall–Kier alpha value is -3.65. The summed E-state index contributed by atoms with van der Waals surface area (Å²) in [5.74, 6) is 3.39. The van der Waals surface area contributed by atoms with Gasteiger partial charge in [0.05, 0.1) is 19.4 Å².